The van der Waals surface area contributed by atoms with Crippen LogP contribution in [0.25, 0.3) is 0 Å². The summed E-state index contributed by atoms with van der Waals surface area (Å²) in [5.41, 5.74) is 3.97. The van der Waals surface area contributed by atoms with Gasteiger partial charge in [0.1, 0.15) is 10.4 Å². The Hall–Kier alpha value is -1.50. The smallest absolute Gasteiger partial charge is 0.228 e. The van der Waals surface area contributed by atoms with Crippen LogP contribution in [-0.2, 0) is 17.8 Å². The Morgan fingerprint density at radius 1 is 1.30 bits per heavy atom. The van der Waals surface area contributed by atoms with Crippen LogP contribution in [0.4, 0.5) is 10.7 Å². The van der Waals surface area contributed by atoms with Gasteiger partial charge in [0.2, 0.25) is 5.91 Å². The number of benzene rings is 1. The normalized spacial score (nSPS) is 21.7. The third kappa shape index (κ3) is 3.28. The summed E-state index contributed by atoms with van der Waals surface area (Å²) in [5, 5.41) is 8.22. The summed E-state index contributed by atoms with van der Waals surface area (Å²) in [6, 6.07) is 9.04. The van der Waals surface area contributed by atoms with Crippen molar-refractivity contribution >= 4 is 39.7 Å². The minimum Gasteiger partial charge on any atom is -0.368 e. The van der Waals surface area contributed by atoms with E-state index < -0.39 is 0 Å². The first kappa shape index (κ1) is 17.6. The number of anilines is 2. The van der Waals surface area contributed by atoms with Crippen LogP contribution in [0.5, 0.6) is 0 Å². The highest BCUT2D eigenvalue weighted by atomic mass is 32.2. The fraction of sp³-hybridized carbons (Fsp3) is 0.476. The van der Waals surface area contributed by atoms with Gasteiger partial charge in [0.05, 0.1) is 0 Å². The number of hydrogen-bond donors (Lipinski definition) is 2. The summed E-state index contributed by atoms with van der Waals surface area (Å²) in [6.45, 7) is 6.61. The number of fused-ring (bicyclic) bond motifs is 2. The number of nitrogens with one attached hydrogen (secondary N) is 2. The first-order valence-corrected chi connectivity index (χ1v) is 11.5. The quantitative estimate of drug-likeness (QED) is 0.752. The average Bonchev–Trinajstić information content (AvgIpc) is 3.33. The van der Waals surface area contributed by atoms with Crippen LogP contribution in [0.2, 0.25) is 0 Å². The molecule has 1 unspecified atom stereocenters. The third-order valence-electron chi connectivity index (χ3n) is 5.72. The van der Waals surface area contributed by atoms with Crippen molar-refractivity contribution in [3.8, 4) is 0 Å². The summed E-state index contributed by atoms with van der Waals surface area (Å²) in [5.74, 6) is 0.432. The summed E-state index contributed by atoms with van der Waals surface area (Å²) in [6.07, 6.45) is 3.14. The van der Waals surface area contributed by atoms with Gasteiger partial charge >= 0.3 is 0 Å². The maximum atomic E-state index is 12.5. The van der Waals surface area contributed by atoms with Crippen molar-refractivity contribution < 1.29 is 4.79 Å². The van der Waals surface area contributed by atoms with E-state index in [0.29, 0.717) is 6.04 Å². The highest BCUT2D eigenvalue weighted by Gasteiger charge is 2.35. The molecule has 0 spiro atoms. The lowest BCUT2D eigenvalue weighted by Crippen LogP contribution is -2.35. The molecule has 0 radical (unpaired) electrons. The summed E-state index contributed by atoms with van der Waals surface area (Å²) in [4.78, 5) is 17.7. The fourth-order valence-electron chi connectivity index (χ4n) is 3.94. The number of rotatable bonds is 4. The van der Waals surface area contributed by atoms with Gasteiger partial charge in [-0.1, -0.05) is 23.9 Å². The molecule has 2 N–H and O–H groups in total. The summed E-state index contributed by atoms with van der Waals surface area (Å²) < 4.78 is 0. The van der Waals surface area contributed by atoms with E-state index in [-0.39, 0.29) is 17.2 Å². The molecule has 3 aliphatic rings. The molecule has 3 heterocycles. The molecule has 1 aliphatic carbocycles. The van der Waals surface area contributed by atoms with Crippen molar-refractivity contribution in [2.75, 3.05) is 17.2 Å². The summed E-state index contributed by atoms with van der Waals surface area (Å²) in [7, 11) is 0. The van der Waals surface area contributed by atoms with E-state index in [1.54, 1.807) is 11.3 Å². The van der Waals surface area contributed by atoms with Crippen LogP contribution in [-0.4, -0.2) is 23.4 Å². The lowest BCUT2D eigenvalue weighted by molar-refractivity contribution is -0.117. The van der Waals surface area contributed by atoms with Crippen molar-refractivity contribution in [1.29, 1.82) is 0 Å². The minimum atomic E-state index is 0.183. The summed E-state index contributed by atoms with van der Waals surface area (Å²) >= 11 is 3.66. The SMILES string of the molecule is CC(C)N1CCc2c(sc(NC(=O)C3CC3)c2C2Nc3ccccc3S2)C1. The van der Waals surface area contributed by atoms with Gasteiger partial charge in [0, 0.05) is 46.1 Å². The molecule has 1 saturated carbocycles. The zero-order valence-corrected chi connectivity index (χ0v) is 17.4. The molecule has 6 heteroatoms. The van der Waals surface area contributed by atoms with Crippen molar-refractivity contribution in [2.45, 2.75) is 56.0 Å². The highest BCUT2D eigenvalue weighted by Crippen LogP contribution is 2.52. The van der Waals surface area contributed by atoms with Gasteiger partial charge in [0.15, 0.2) is 0 Å². The maximum Gasteiger partial charge on any atom is 0.228 e. The second-order valence-corrected chi connectivity index (χ2v) is 10.2. The molecule has 1 amide bonds. The Balaban J connectivity index is 1.50. The molecule has 1 aromatic carbocycles. The average molecular weight is 400 g/mol. The van der Waals surface area contributed by atoms with E-state index in [1.165, 1.54) is 26.6 Å². The van der Waals surface area contributed by atoms with Crippen LogP contribution in [0, 0.1) is 5.92 Å². The van der Waals surface area contributed by atoms with Gasteiger partial charge in [0.25, 0.3) is 0 Å². The fourth-order valence-corrected chi connectivity index (χ4v) is 6.55. The lowest BCUT2D eigenvalue weighted by Gasteiger charge is -2.31. The van der Waals surface area contributed by atoms with E-state index in [4.69, 9.17) is 0 Å². The number of nitrogens with zero attached hydrogens (tertiary/aromatic N) is 1. The Kier molecular flexibility index (Phi) is 4.45. The van der Waals surface area contributed by atoms with E-state index in [9.17, 15) is 4.79 Å². The van der Waals surface area contributed by atoms with Gasteiger partial charge in [-0.25, -0.2) is 0 Å². The number of thiophene rings is 1. The second-order valence-electron chi connectivity index (χ2n) is 7.96. The highest BCUT2D eigenvalue weighted by molar-refractivity contribution is 8.00. The first-order chi connectivity index (χ1) is 13.1. The van der Waals surface area contributed by atoms with Crippen molar-refractivity contribution in [1.82, 2.24) is 4.90 Å². The monoisotopic (exact) mass is 399 g/mol. The lowest BCUT2D eigenvalue weighted by atomic mass is 10.0. The molecule has 0 saturated heterocycles. The second kappa shape index (κ2) is 6.83. The van der Waals surface area contributed by atoms with Crippen molar-refractivity contribution in [2.24, 2.45) is 5.92 Å². The molecular formula is C21H25N3OS2. The van der Waals surface area contributed by atoms with Crippen LogP contribution in [0.1, 0.15) is 48.1 Å². The standard InChI is InChI=1S/C21H25N3OS2/c1-12(2)24-10-9-14-17(11-24)27-21(23-19(25)13-7-8-13)18(14)20-22-15-5-3-4-6-16(15)26-20/h3-6,12-13,20,22H,7-11H2,1-2H3,(H,23,25). The predicted molar refractivity (Wildman–Crippen MR) is 114 cm³/mol. The number of carbonyl (C=O) groups is 1. The molecule has 142 valence electrons. The third-order valence-corrected chi connectivity index (χ3v) is 8.07. The molecule has 27 heavy (non-hydrogen) atoms. The Morgan fingerprint density at radius 2 is 2.11 bits per heavy atom. The van der Waals surface area contributed by atoms with Crippen molar-refractivity contribution in [3.05, 3.63) is 40.3 Å². The molecule has 4 nitrogen and oxygen atoms in total. The molecule has 0 bridgehead atoms. The Morgan fingerprint density at radius 3 is 2.85 bits per heavy atom. The molecule has 1 fully saturated rings. The number of para-hydroxylation sites is 1. The van der Waals surface area contributed by atoms with Gasteiger partial charge in [-0.15, -0.1) is 11.3 Å². The van der Waals surface area contributed by atoms with Crippen molar-refractivity contribution in [3.63, 3.8) is 0 Å². The van der Waals surface area contributed by atoms with Crippen LogP contribution >= 0.6 is 23.1 Å². The number of thioether (sulfide) groups is 1. The van der Waals surface area contributed by atoms with E-state index in [1.807, 2.05) is 11.8 Å². The number of carbonyl (C=O) groups excluding carboxylic acids is 1. The van der Waals surface area contributed by atoms with Gasteiger partial charge in [-0.2, -0.15) is 0 Å². The Labute approximate surface area is 168 Å². The van der Waals surface area contributed by atoms with Gasteiger partial charge < -0.3 is 10.6 Å². The zero-order valence-electron chi connectivity index (χ0n) is 15.7. The van der Waals surface area contributed by atoms with Gasteiger partial charge in [-0.05, 0) is 50.8 Å². The van der Waals surface area contributed by atoms with Crippen LogP contribution in [0.3, 0.4) is 0 Å². The molecule has 1 atom stereocenters. The topological polar surface area (TPSA) is 44.4 Å². The number of amides is 1. The van der Waals surface area contributed by atoms with E-state index in [2.05, 4.69) is 53.6 Å². The maximum absolute atomic E-state index is 12.5. The largest absolute Gasteiger partial charge is 0.368 e. The molecule has 5 rings (SSSR count). The molecular weight excluding hydrogens is 374 g/mol. The van der Waals surface area contributed by atoms with E-state index >= 15 is 0 Å². The Bertz CT molecular complexity index is 863. The van der Waals surface area contributed by atoms with Crippen LogP contribution < -0.4 is 10.6 Å². The first-order valence-electron chi connectivity index (χ1n) is 9.81. The zero-order chi connectivity index (χ0) is 18.5. The molecule has 1 aromatic heterocycles. The van der Waals surface area contributed by atoms with E-state index in [0.717, 1.165) is 37.4 Å². The minimum absolute atomic E-state index is 0.183. The number of hydrogen-bond acceptors (Lipinski definition) is 5. The van der Waals surface area contributed by atoms with Crippen LogP contribution in [0.15, 0.2) is 29.2 Å². The van der Waals surface area contributed by atoms with Gasteiger partial charge in [-0.3, -0.25) is 9.69 Å². The molecule has 2 aliphatic heterocycles. The predicted octanol–water partition coefficient (Wildman–Crippen LogP) is 5.08. The molecule has 2 aromatic rings.